The van der Waals surface area contributed by atoms with Crippen LogP contribution in [0, 0.1) is 5.92 Å². The first-order chi connectivity index (χ1) is 14.7. The normalized spacial score (nSPS) is 12.7. The van der Waals surface area contributed by atoms with Crippen molar-refractivity contribution in [2.75, 3.05) is 13.2 Å². The van der Waals surface area contributed by atoms with Gasteiger partial charge in [-0.3, -0.25) is 4.98 Å². The molecular weight excluding hydrogens is 409 g/mol. The number of aromatic nitrogens is 2. The number of ether oxygens (including phenoxy) is 2. The highest BCUT2D eigenvalue weighted by molar-refractivity contribution is 5.88. The molecule has 1 aromatic carbocycles. The summed E-state index contributed by atoms with van der Waals surface area (Å²) < 4.78 is 52.0. The Bertz CT molecular complexity index is 1060. The number of rotatable bonds is 8. The van der Waals surface area contributed by atoms with Crippen LogP contribution in [0.1, 0.15) is 19.9 Å². The average molecular weight is 432 g/mol. The SMILES string of the molecule is C=CC(=O)OCC(COc1ccc2cc(-c3cccnc3)n(C(C)C)c2c1)C(F)(F)F. The van der Waals surface area contributed by atoms with Crippen molar-refractivity contribution in [3.8, 4) is 17.0 Å². The lowest BCUT2D eigenvalue weighted by Crippen LogP contribution is -2.33. The van der Waals surface area contributed by atoms with Crippen LogP contribution in [0.3, 0.4) is 0 Å². The number of pyridine rings is 1. The van der Waals surface area contributed by atoms with Gasteiger partial charge in [-0.25, -0.2) is 4.79 Å². The van der Waals surface area contributed by atoms with Gasteiger partial charge in [0.1, 0.15) is 24.9 Å². The van der Waals surface area contributed by atoms with E-state index in [1.807, 2.05) is 38.1 Å². The molecule has 0 aliphatic heterocycles. The fourth-order valence-electron chi connectivity index (χ4n) is 3.26. The molecule has 0 radical (unpaired) electrons. The van der Waals surface area contributed by atoms with Gasteiger partial charge >= 0.3 is 12.1 Å². The summed E-state index contributed by atoms with van der Waals surface area (Å²) in [6.45, 7) is 5.73. The first kappa shape index (κ1) is 22.4. The van der Waals surface area contributed by atoms with Gasteiger partial charge in [0.15, 0.2) is 0 Å². The molecule has 0 spiro atoms. The molecule has 1 unspecified atom stereocenters. The molecule has 3 aromatic rings. The van der Waals surface area contributed by atoms with Crippen LogP contribution in [0.25, 0.3) is 22.2 Å². The molecule has 2 heterocycles. The van der Waals surface area contributed by atoms with Gasteiger partial charge in [-0.15, -0.1) is 0 Å². The van der Waals surface area contributed by atoms with Crippen molar-refractivity contribution in [3.63, 3.8) is 0 Å². The molecule has 3 rings (SSSR count). The molecule has 5 nitrogen and oxygen atoms in total. The molecule has 1 atom stereocenters. The average Bonchev–Trinajstić information content (AvgIpc) is 3.12. The zero-order valence-electron chi connectivity index (χ0n) is 17.2. The topological polar surface area (TPSA) is 53.4 Å². The number of carbonyl (C=O) groups excluding carboxylic acids is 1. The van der Waals surface area contributed by atoms with E-state index >= 15 is 0 Å². The Morgan fingerprint density at radius 1 is 1.23 bits per heavy atom. The van der Waals surface area contributed by atoms with E-state index in [2.05, 4.69) is 20.9 Å². The first-order valence-electron chi connectivity index (χ1n) is 9.74. The lowest BCUT2D eigenvalue weighted by atomic mass is 10.1. The van der Waals surface area contributed by atoms with Crippen molar-refractivity contribution in [2.45, 2.75) is 26.1 Å². The van der Waals surface area contributed by atoms with E-state index in [0.29, 0.717) is 5.75 Å². The van der Waals surface area contributed by atoms with Crippen LogP contribution < -0.4 is 4.74 Å². The Labute approximate surface area is 178 Å². The smallest absolute Gasteiger partial charge is 0.398 e. The molecule has 0 amide bonds. The summed E-state index contributed by atoms with van der Waals surface area (Å²) in [5.41, 5.74) is 2.74. The second-order valence-corrected chi connectivity index (χ2v) is 7.34. The molecule has 31 heavy (non-hydrogen) atoms. The van der Waals surface area contributed by atoms with Crippen LogP contribution in [-0.2, 0) is 9.53 Å². The Morgan fingerprint density at radius 3 is 2.61 bits per heavy atom. The minimum absolute atomic E-state index is 0.101. The van der Waals surface area contributed by atoms with Crippen LogP contribution >= 0.6 is 0 Å². The van der Waals surface area contributed by atoms with Gasteiger partial charge in [0.2, 0.25) is 0 Å². The summed E-state index contributed by atoms with van der Waals surface area (Å²) in [6.07, 6.45) is -0.288. The molecular formula is C23H23F3N2O3. The molecule has 0 N–H and O–H groups in total. The number of alkyl halides is 3. The van der Waals surface area contributed by atoms with Crippen LogP contribution in [0.2, 0.25) is 0 Å². The second kappa shape index (κ2) is 9.24. The van der Waals surface area contributed by atoms with Gasteiger partial charge in [0.25, 0.3) is 0 Å². The van der Waals surface area contributed by atoms with Crippen molar-refractivity contribution in [2.24, 2.45) is 5.92 Å². The highest BCUT2D eigenvalue weighted by Gasteiger charge is 2.41. The van der Waals surface area contributed by atoms with Crippen LogP contribution in [0.4, 0.5) is 13.2 Å². The Balaban J connectivity index is 1.87. The van der Waals surface area contributed by atoms with Crippen LogP contribution in [-0.4, -0.2) is 34.9 Å². The number of carbonyl (C=O) groups is 1. The predicted octanol–water partition coefficient (Wildman–Crippen LogP) is 5.57. The van der Waals surface area contributed by atoms with Gasteiger partial charge in [-0.05, 0) is 44.2 Å². The second-order valence-electron chi connectivity index (χ2n) is 7.34. The summed E-state index contributed by atoms with van der Waals surface area (Å²) in [5, 5.41) is 0.937. The van der Waals surface area contributed by atoms with E-state index in [1.165, 1.54) is 0 Å². The quantitative estimate of drug-likeness (QED) is 0.345. The molecule has 0 aliphatic carbocycles. The molecule has 164 valence electrons. The molecule has 8 heteroatoms. The predicted molar refractivity (Wildman–Crippen MR) is 112 cm³/mol. The summed E-state index contributed by atoms with van der Waals surface area (Å²) in [5.74, 6) is -2.56. The summed E-state index contributed by atoms with van der Waals surface area (Å²) in [4.78, 5) is 15.3. The number of hydrogen-bond donors (Lipinski definition) is 0. The van der Waals surface area contributed by atoms with E-state index in [1.54, 1.807) is 24.5 Å². The van der Waals surface area contributed by atoms with Gasteiger partial charge in [0, 0.05) is 41.5 Å². The van der Waals surface area contributed by atoms with Gasteiger partial charge in [0.05, 0.1) is 11.2 Å². The fourth-order valence-corrected chi connectivity index (χ4v) is 3.26. The third-order valence-electron chi connectivity index (χ3n) is 4.79. The van der Waals surface area contributed by atoms with Crippen molar-refractivity contribution in [1.82, 2.24) is 9.55 Å². The largest absolute Gasteiger partial charge is 0.493 e. The monoisotopic (exact) mass is 432 g/mol. The minimum atomic E-state index is -4.57. The van der Waals surface area contributed by atoms with Gasteiger partial charge in [-0.2, -0.15) is 13.2 Å². The third-order valence-corrected chi connectivity index (χ3v) is 4.79. The molecule has 0 bridgehead atoms. The zero-order chi connectivity index (χ0) is 22.6. The maximum atomic E-state index is 13.3. The highest BCUT2D eigenvalue weighted by atomic mass is 19.4. The Hall–Kier alpha value is -3.29. The van der Waals surface area contributed by atoms with Gasteiger partial charge < -0.3 is 14.0 Å². The number of esters is 1. The minimum Gasteiger partial charge on any atom is -0.493 e. The van der Waals surface area contributed by atoms with E-state index in [4.69, 9.17) is 4.74 Å². The number of fused-ring (bicyclic) bond motifs is 1. The van der Waals surface area contributed by atoms with E-state index in [-0.39, 0.29) is 6.04 Å². The number of nitrogens with zero attached hydrogens (tertiary/aromatic N) is 2. The van der Waals surface area contributed by atoms with Crippen molar-refractivity contribution in [3.05, 3.63) is 61.4 Å². The number of hydrogen-bond acceptors (Lipinski definition) is 4. The van der Waals surface area contributed by atoms with E-state index in [0.717, 1.165) is 28.2 Å². The maximum Gasteiger partial charge on any atom is 0.398 e. The Kier molecular flexibility index (Phi) is 6.68. The third kappa shape index (κ3) is 5.25. The number of halogens is 3. The summed E-state index contributed by atoms with van der Waals surface area (Å²) in [7, 11) is 0. The Morgan fingerprint density at radius 2 is 2.00 bits per heavy atom. The number of benzene rings is 1. The first-order valence-corrected chi connectivity index (χ1v) is 9.74. The van der Waals surface area contributed by atoms with Crippen molar-refractivity contribution < 1.29 is 27.4 Å². The van der Waals surface area contributed by atoms with Crippen LogP contribution in [0.5, 0.6) is 5.75 Å². The maximum absolute atomic E-state index is 13.3. The van der Waals surface area contributed by atoms with Crippen LogP contribution in [0.15, 0.2) is 61.4 Å². The summed E-state index contributed by atoms with van der Waals surface area (Å²) >= 11 is 0. The molecule has 0 saturated heterocycles. The highest BCUT2D eigenvalue weighted by Crippen LogP contribution is 2.34. The zero-order valence-corrected chi connectivity index (χ0v) is 17.2. The molecule has 0 saturated carbocycles. The molecule has 2 aromatic heterocycles. The van der Waals surface area contributed by atoms with E-state index < -0.39 is 31.3 Å². The van der Waals surface area contributed by atoms with Gasteiger partial charge in [-0.1, -0.05) is 6.58 Å². The van der Waals surface area contributed by atoms with Crippen molar-refractivity contribution in [1.29, 1.82) is 0 Å². The molecule has 0 aliphatic rings. The molecule has 0 fully saturated rings. The van der Waals surface area contributed by atoms with Crippen molar-refractivity contribution >= 4 is 16.9 Å². The lowest BCUT2D eigenvalue weighted by molar-refractivity contribution is -0.195. The standard InChI is InChI=1S/C23H23F3N2O3/c1-4-22(29)31-14-18(23(24,25)26)13-30-19-8-7-16-10-20(17-6-5-9-27-12-17)28(15(2)3)21(16)11-19/h4-12,15,18H,1,13-14H2,2-3H3. The summed E-state index contributed by atoms with van der Waals surface area (Å²) in [6, 6.07) is 11.1. The van der Waals surface area contributed by atoms with E-state index in [9.17, 15) is 18.0 Å². The lowest BCUT2D eigenvalue weighted by Gasteiger charge is -2.20. The fraction of sp³-hybridized carbons (Fsp3) is 0.304.